The van der Waals surface area contributed by atoms with Crippen molar-refractivity contribution in [3.8, 4) is 0 Å². The number of hydrogen-bond acceptors (Lipinski definition) is 4. The fourth-order valence-electron chi connectivity index (χ4n) is 10.2. The molecule has 11 atom stereocenters. The van der Waals surface area contributed by atoms with Crippen molar-refractivity contribution >= 4 is 5.91 Å². The van der Waals surface area contributed by atoms with Gasteiger partial charge in [-0.15, -0.1) is 0 Å². The van der Waals surface area contributed by atoms with E-state index in [2.05, 4.69) is 47.1 Å². The van der Waals surface area contributed by atoms with E-state index >= 15 is 0 Å². The van der Waals surface area contributed by atoms with Crippen LogP contribution in [0.25, 0.3) is 0 Å². The smallest absolute Gasteiger partial charge is 0.220 e. The lowest BCUT2D eigenvalue weighted by molar-refractivity contribution is -0.890. The lowest BCUT2D eigenvalue weighted by Gasteiger charge is -2.63. The summed E-state index contributed by atoms with van der Waals surface area (Å²) >= 11 is 0. The first kappa shape index (κ1) is 33.5. The van der Waals surface area contributed by atoms with Crippen LogP contribution < -0.4 is 29.3 Å². The van der Waals surface area contributed by atoms with Gasteiger partial charge in [0.2, 0.25) is 5.91 Å². The average Bonchev–Trinajstić information content (AvgIpc) is 3.20. The highest BCUT2D eigenvalue weighted by Crippen LogP contribution is 2.68. The van der Waals surface area contributed by atoms with E-state index in [-0.39, 0.29) is 64.9 Å². The molecule has 4 saturated carbocycles. The minimum Gasteiger partial charge on any atom is -1.00 e. The van der Waals surface area contributed by atoms with Gasteiger partial charge < -0.3 is 49.1 Å². The molecule has 0 heterocycles. The SMILES string of the molecule is CCC[N+](C)(C)CCCNC(=O)CC[C@@H](C)[C@H]1CCC2C3C(C[C@H](O)[C@@]21C)[C@@]1(C)CC[C@@H](O)CC1C[C@H]3O.[I-]. The second-order valence-corrected chi connectivity index (χ2v) is 15.1. The van der Waals surface area contributed by atoms with Gasteiger partial charge >= 0.3 is 0 Å². The molecule has 0 spiro atoms. The summed E-state index contributed by atoms with van der Waals surface area (Å²) in [4.78, 5) is 12.6. The van der Waals surface area contributed by atoms with Crippen molar-refractivity contribution < 1.29 is 48.6 Å². The van der Waals surface area contributed by atoms with Crippen LogP contribution in [0.1, 0.15) is 98.3 Å². The maximum Gasteiger partial charge on any atom is 0.220 e. The predicted octanol–water partition coefficient (Wildman–Crippen LogP) is 1.36. The van der Waals surface area contributed by atoms with E-state index in [1.807, 2.05) is 0 Å². The molecule has 4 unspecified atom stereocenters. The van der Waals surface area contributed by atoms with Crippen LogP contribution in [0.4, 0.5) is 0 Å². The van der Waals surface area contributed by atoms with Crippen LogP contribution in [-0.4, -0.2) is 77.8 Å². The minimum atomic E-state index is -0.364. The maximum absolute atomic E-state index is 12.6. The van der Waals surface area contributed by atoms with Crippen LogP contribution in [0.15, 0.2) is 0 Å². The highest BCUT2D eigenvalue weighted by molar-refractivity contribution is 5.75. The number of aliphatic hydroxyl groups excluding tert-OH is 3. The molecule has 7 heteroatoms. The number of quaternary nitrogens is 1. The Bertz CT molecular complexity index is 826. The zero-order chi connectivity index (χ0) is 27.9. The third kappa shape index (κ3) is 6.67. The summed E-state index contributed by atoms with van der Waals surface area (Å²) < 4.78 is 1.01. The Morgan fingerprint density at radius 1 is 1.03 bits per heavy atom. The monoisotopic (exact) mass is 662 g/mol. The van der Waals surface area contributed by atoms with Gasteiger partial charge in [0.05, 0.1) is 45.5 Å². The van der Waals surface area contributed by atoms with Crippen molar-refractivity contribution in [1.82, 2.24) is 5.32 Å². The van der Waals surface area contributed by atoms with Crippen LogP contribution in [0.2, 0.25) is 0 Å². The molecule has 1 amide bonds. The summed E-state index contributed by atoms with van der Waals surface area (Å²) in [7, 11) is 4.52. The van der Waals surface area contributed by atoms with Crippen molar-refractivity contribution in [2.24, 2.45) is 46.3 Å². The van der Waals surface area contributed by atoms with E-state index in [0.717, 1.165) is 75.4 Å². The van der Waals surface area contributed by atoms with Crippen molar-refractivity contribution in [1.29, 1.82) is 0 Å². The summed E-state index contributed by atoms with van der Waals surface area (Å²) in [5, 5.41) is 36.7. The number of fused-ring (bicyclic) bond motifs is 5. The first-order chi connectivity index (χ1) is 17.8. The molecule has 0 aromatic rings. The maximum atomic E-state index is 12.6. The summed E-state index contributed by atoms with van der Waals surface area (Å²) in [6.07, 6.45) is 9.04. The van der Waals surface area contributed by atoms with Crippen LogP contribution in [0, 0.1) is 46.3 Å². The van der Waals surface area contributed by atoms with E-state index in [0.29, 0.717) is 36.0 Å². The van der Waals surface area contributed by atoms with Gasteiger partial charge in [-0.1, -0.05) is 27.7 Å². The average molecular weight is 663 g/mol. The normalized spacial score (nSPS) is 42.5. The second kappa shape index (κ2) is 13.1. The predicted molar refractivity (Wildman–Crippen MR) is 152 cm³/mol. The molecule has 4 N–H and O–H groups in total. The van der Waals surface area contributed by atoms with Gasteiger partial charge in [-0.3, -0.25) is 4.79 Å². The first-order valence-electron chi connectivity index (χ1n) is 16.0. The fourth-order valence-corrected chi connectivity index (χ4v) is 10.2. The number of halogens is 1. The topological polar surface area (TPSA) is 89.8 Å². The Balaban J connectivity index is 0.00000420. The number of amides is 1. The van der Waals surface area contributed by atoms with Crippen LogP contribution in [-0.2, 0) is 4.79 Å². The van der Waals surface area contributed by atoms with Gasteiger partial charge in [-0.05, 0) is 104 Å². The molecular formula is C32H59IN2O4. The largest absolute Gasteiger partial charge is 1.00 e. The zero-order valence-electron chi connectivity index (χ0n) is 25.7. The third-order valence-corrected chi connectivity index (χ3v) is 12.4. The van der Waals surface area contributed by atoms with Gasteiger partial charge in [-0.2, -0.15) is 0 Å². The third-order valence-electron chi connectivity index (χ3n) is 12.4. The highest BCUT2D eigenvalue weighted by atomic mass is 127. The Morgan fingerprint density at radius 3 is 2.44 bits per heavy atom. The number of hydrogen-bond donors (Lipinski definition) is 4. The van der Waals surface area contributed by atoms with Gasteiger partial charge in [0.25, 0.3) is 0 Å². The molecule has 0 aliphatic heterocycles. The van der Waals surface area contributed by atoms with E-state index in [1.54, 1.807) is 0 Å². The van der Waals surface area contributed by atoms with Crippen LogP contribution in [0.3, 0.4) is 0 Å². The van der Waals surface area contributed by atoms with Gasteiger partial charge in [0.15, 0.2) is 0 Å². The number of nitrogens with one attached hydrogen (secondary N) is 1. The van der Waals surface area contributed by atoms with Crippen molar-refractivity contribution in [3.05, 3.63) is 0 Å². The molecule has 0 bridgehead atoms. The molecule has 4 fully saturated rings. The van der Waals surface area contributed by atoms with Crippen molar-refractivity contribution in [3.63, 3.8) is 0 Å². The zero-order valence-corrected chi connectivity index (χ0v) is 27.8. The lowest BCUT2D eigenvalue weighted by atomic mass is 9.43. The summed E-state index contributed by atoms with van der Waals surface area (Å²) in [5.74, 6) is 2.17. The molecule has 0 aromatic carbocycles. The standard InChI is InChI=1S/C32H58N2O4.HI/c1-7-16-34(5,6)17-8-15-33-29(38)12-9-21(2)24-10-11-25-30-26(20-28(37)32(24,25)4)31(3)14-13-23(35)18-22(31)19-27(30)36;/h21-28,30,35-37H,7-20H2,1-6H3;1H/t21-,22?,23-,24-,25?,26?,27-,28+,30?,31+,32-;/m1./s1. The Morgan fingerprint density at radius 2 is 1.74 bits per heavy atom. The van der Waals surface area contributed by atoms with Crippen LogP contribution >= 0.6 is 0 Å². The van der Waals surface area contributed by atoms with Gasteiger partial charge in [0.1, 0.15) is 0 Å². The Labute approximate surface area is 255 Å². The van der Waals surface area contributed by atoms with E-state index in [1.165, 1.54) is 13.0 Å². The second-order valence-electron chi connectivity index (χ2n) is 15.1. The van der Waals surface area contributed by atoms with E-state index in [4.69, 9.17) is 0 Å². The Kier molecular flexibility index (Phi) is 11.3. The van der Waals surface area contributed by atoms with E-state index < -0.39 is 0 Å². The number of carbonyl (C=O) groups excluding carboxylic acids is 1. The van der Waals surface area contributed by atoms with Gasteiger partial charge in [0, 0.05) is 19.4 Å². The molecule has 6 nitrogen and oxygen atoms in total. The number of carbonyl (C=O) groups is 1. The molecule has 39 heavy (non-hydrogen) atoms. The first-order valence-corrected chi connectivity index (χ1v) is 16.0. The van der Waals surface area contributed by atoms with Crippen molar-refractivity contribution in [2.75, 3.05) is 33.7 Å². The highest BCUT2D eigenvalue weighted by Gasteiger charge is 2.65. The lowest BCUT2D eigenvalue weighted by Crippen LogP contribution is -3.00. The van der Waals surface area contributed by atoms with E-state index in [9.17, 15) is 20.1 Å². The molecule has 0 radical (unpaired) electrons. The number of nitrogens with zero attached hydrogens (tertiary/aromatic N) is 1. The molecule has 4 aliphatic rings. The quantitative estimate of drug-likeness (QED) is 0.162. The van der Waals surface area contributed by atoms with Gasteiger partial charge in [-0.25, -0.2) is 0 Å². The minimum absolute atomic E-state index is 0. The fraction of sp³-hybridized carbons (Fsp3) is 0.969. The molecule has 228 valence electrons. The molecular weight excluding hydrogens is 603 g/mol. The Hall–Kier alpha value is 0.0400. The summed E-state index contributed by atoms with van der Waals surface area (Å²) in [6, 6.07) is 0. The van der Waals surface area contributed by atoms with Crippen LogP contribution in [0.5, 0.6) is 0 Å². The molecule has 4 rings (SSSR count). The van der Waals surface area contributed by atoms with Crippen molar-refractivity contribution in [2.45, 2.75) is 117 Å². The molecule has 4 aliphatic carbocycles. The summed E-state index contributed by atoms with van der Waals surface area (Å²) in [6.45, 7) is 12.2. The summed E-state index contributed by atoms with van der Waals surface area (Å²) in [5.41, 5.74) is -0.0872. The number of aliphatic hydroxyl groups is 3. The molecule has 0 saturated heterocycles. The number of rotatable bonds is 10. The molecule has 0 aromatic heterocycles.